The molecule has 0 spiro atoms. The van der Waals surface area contributed by atoms with Crippen LogP contribution in [0.3, 0.4) is 0 Å². The number of nitrogens with one attached hydrogen (secondary N) is 1. The lowest BCUT2D eigenvalue weighted by atomic mass is 10.0. The standard InChI is InChI=1S/C30H25N3O7S/c1-2-3-13-40-24-8-10-25(11-9-24)41(38,39)32-27(30(36)37)16-23-19-33(18-21-6-4-5-20(14-21)17-31)28-12-7-22(29(34)35)15-26(23)28/h4-12,14-15,19,27,32H,13,16,18H2,1H3,(H,34,35)(H,36,37)/t27-/m0/s1. The number of sulfonamides is 1. The van der Waals surface area contributed by atoms with Gasteiger partial charge in [-0.3, -0.25) is 4.79 Å². The van der Waals surface area contributed by atoms with Gasteiger partial charge in [0.2, 0.25) is 10.0 Å². The molecule has 0 fully saturated rings. The molecule has 1 aromatic heterocycles. The summed E-state index contributed by atoms with van der Waals surface area (Å²) in [6, 6.07) is 17.5. The van der Waals surface area contributed by atoms with Gasteiger partial charge in [-0.1, -0.05) is 18.1 Å². The van der Waals surface area contributed by atoms with Crippen molar-refractivity contribution in [3.05, 3.63) is 95.2 Å². The highest BCUT2D eigenvalue weighted by atomic mass is 32.2. The van der Waals surface area contributed by atoms with E-state index in [1.165, 1.54) is 36.4 Å². The van der Waals surface area contributed by atoms with E-state index in [-0.39, 0.29) is 23.5 Å². The van der Waals surface area contributed by atoms with E-state index in [9.17, 15) is 33.5 Å². The van der Waals surface area contributed by atoms with Crippen molar-refractivity contribution in [2.24, 2.45) is 0 Å². The van der Waals surface area contributed by atoms with Crippen molar-refractivity contribution >= 4 is 32.9 Å². The molecule has 3 N–H and O–H groups in total. The maximum absolute atomic E-state index is 13.1. The van der Waals surface area contributed by atoms with Gasteiger partial charge in [0, 0.05) is 30.1 Å². The van der Waals surface area contributed by atoms with Gasteiger partial charge >= 0.3 is 11.9 Å². The third kappa shape index (κ3) is 6.92. The molecule has 0 aliphatic heterocycles. The van der Waals surface area contributed by atoms with E-state index in [0.29, 0.717) is 34.3 Å². The maximum atomic E-state index is 13.1. The summed E-state index contributed by atoms with van der Waals surface area (Å²) in [5.41, 5.74) is 2.35. The van der Waals surface area contributed by atoms with Crippen molar-refractivity contribution in [1.82, 2.24) is 9.29 Å². The molecule has 0 saturated carbocycles. The van der Waals surface area contributed by atoms with E-state index in [1.54, 1.807) is 37.4 Å². The molecule has 0 bridgehead atoms. The molecule has 3 aromatic carbocycles. The smallest absolute Gasteiger partial charge is 0.335 e. The lowest BCUT2D eigenvalue weighted by Crippen LogP contribution is -2.42. The maximum Gasteiger partial charge on any atom is 0.335 e. The molecule has 0 aliphatic rings. The second-order valence-corrected chi connectivity index (χ2v) is 10.7. The van der Waals surface area contributed by atoms with Gasteiger partial charge in [-0.2, -0.15) is 9.98 Å². The first-order valence-corrected chi connectivity index (χ1v) is 13.8. The molecule has 0 unspecified atom stereocenters. The molecule has 4 rings (SSSR count). The van der Waals surface area contributed by atoms with Crippen molar-refractivity contribution in [2.75, 3.05) is 6.61 Å². The molecule has 11 heteroatoms. The van der Waals surface area contributed by atoms with E-state index < -0.39 is 28.0 Å². The predicted molar refractivity (Wildman–Crippen MR) is 150 cm³/mol. The minimum absolute atomic E-state index is 0.00246. The lowest BCUT2D eigenvalue weighted by molar-refractivity contribution is -0.138. The summed E-state index contributed by atoms with van der Waals surface area (Å²) in [6.07, 6.45) is 1.42. The highest BCUT2D eigenvalue weighted by Gasteiger charge is 2.27. The predicted octanol–water partition coefficient (Wildman–Crippen LogP) is 3.64. The number of nitrogens with zero attached hydrogens (tertiary/aromatic N) is 2. The molecule has 4 aromatic rings. The number of rotatable bonds is 11. The zero-order valence-electron chi connectivity index (χ0n) is 21.9. The van der Waals surface area contributed by atoms with Crippen LogP contribution in [-0.4, -0.2) is 47.8 Å². The molecule has 0 saturated heterocycles. The lowest BCUT2D eigenvalue weighted by Gasteiger charge is -2.15. The molecule has 1 atom stereocenters. The Morgan fingerprint density at radius 1 is 1.07 bits per heavy atom. The monoisotopic (exact) mass is 571 g/mol. The van der Waals surface area contributed by atoms with Crippen LogP contribution in [0.25, 0.3) is 10.9 Å². The topological polar surface area (TPSA) is 159 Å². The minimum Gasteiger partial charge on any atom is -0.481 e. The zero-order valence-corrected chi connectivity index (χ0v) is 22.7. The quantitative estimate of drug-likeness (QED) is 0.230. The van der Waals surface area contributed by atoms with E-state index in [0.717, 1.165) is 5.56 Å². The SMILES string of the molecule is CC#CCOc1ccc(S(=O)(=O)N[C@@H](Cc2cn(Cc3cccc(C#N)c3)c3ccc(C(=O)O)cc23)C(=O)O)cc1. The molecule has 0 radical (unpaired) electrons. The van der Waals surface area contributed by atoms with E-state index >= 15 is 0 Å². The van der Waals surface area contributed by atoms with Crippen LogP contribution in [0.15, 0.2) is 77.8 Å². The van der Waals surface area contributed by atoms with Gasteiger partial charge in [-0.25, -0.2) is 13.2 Å². The molecule has 1 heterocycles. The molecule has 0 amide bonds. The van der Waals surface area contributed by atoms with Gasteiger partial charge < -0.3 is 19.5 Å². The van der Waals surface area contributed by atoms with Crippen molar-refractivity contribution < 1.29 is 33.0 Å². The average Bonchev–Trinajstić information content (AvgIpc) is 3.29. The first-order valence-electron chi connectivity index (χ1n) is 12.3. The third-order valence-electron chi connectivity index (χ3n) is 6.26. The number of carbonyl (C=O) groups is 2. The van der Waals surface area contributed by atoms with Gasteiger partial charge in [0.1, 0.15) is 18.4 Å². The van der Waals surface area contributed by atoms with Crippen LogP contribution in [0, 0.1) is 23.2 Å². The average molecular weight is 572 g/mol. The Labute approximate surface area is 236 Å². The van der Waals surface area contributed by atoms with Gasteiger partial charge in [0.25, 0.3) is 0 Å². The molecular formula is C30H25N3O7S. The Morgan fingerprint density at radius 2 is 1.83 bits per heavy atom. The first kappa shape index (κ1) is 28.9. The Hall–Kier alpha value is -5.10. The first-order chi connectivity index (χ1) is 19.6. The fourth-order valence-electron chi connectivity index (χ4n) is 4.29. The summed E-state index contributed by atoms with van der Waals surface area (Å²) in [6.45, 7) is 2.13. The second kappa shape index (κ2) is 12.4. The van der Waals surface area contributed by atoms with Crippen LogP contribution in [-0.2, 0) is 27.8 Å². The molecule has 208 valence electrons. The third-order valence-corrected chi connectivity index (χ3v) is 7.75. The van der Waals surface area contributed by atoms with Crippen molar-refractivity contribution in [1.29, 1.82) is 5.26 Å². The van der Waals surface area contributed by atoms with Crippen LogP contribution in [0.5, 0.6) is 5.75 Å². The fourth-order valence-corrected chi connectivity index (χ4v) is 5.48. The summed E-state index contributed by atoms with van der Waals surface area (Å²) >= 11 is 0. The summed E-state index contributed by atoms with van der Waals surface area (Å²) < 4.78 is 35.6. The van der Waals surface area contributed by atoms with Crippen molar-refractivity contribution in [3.8, 4) is 23.7 Å². The van der Waals surface area contributed by atoms with Crippen LogP contribution in [0.4, 0.5) is 0 Å². The van der Waals surface area contributed by atoms with E-state index in [4.69, 9.17) is 4.74 Å². The Bertz CT molecular complexity index is 1830. The number of benzene rings is 3. The number of aliphatic carboxylic acids is 1. The van der Waals surface area contributed by atoms with Crippen LogP contribution in [0.1, 0.15) is 34.0 Å². The van der Waals surface area contributed by atoms with E-state index in [2.05, 4.69) is 22.6 Å². The molecule has 41 heavy (non-hydrogen) atoms. The van der Waals surface area contributed by atoms with Crippen molar-refractivity contribution in [2.45, 2.75) is 30.8 Å². The number of aromatic nitrogens is 1. The normalized spacial score (nSPS) is 11.7. The number of aromatic carboxylic acids is 1. The summed E-state index contributed by atoms with van der Waals surface area (Å²) in [5, 5.41) is 29.2. The Balaban J connectivity index is 1.65. The number of hydrogen-bond donors (Lipinski definition) is 3. The largest absolute Gasteiger partial charge is 0.481 e. The fraction of sp³-hybridized carbons (Fsp3) is 0.167. The minimum atomic E-state index is -4.24. The highest BCUT2D eigenvalue weighted by molar-refractivity contribution is 7.89. The summed E-state index contributed by atoms with van der Waals surface area (Å²) in [7, 11) is -4.24. The van der Waals surface area contributed by atoms with Gasteiger partial charge in [-0.15, -0.1) is 5.92 Å². The Kier molecular flexibility index (Phi) is 8.73. The number of carboxylic acids is 2. The summed E-state index contributed by atoms with van der Waals surface area (Å²) in [4.78, 5) is 23.7. The van der Waals surface area contributed by atoms with Gasteiger partial charge in [-0.05, 0) is 72.6 Å². The second-order valence-electron chi connectivity index (χ2n) is 9.03. The molecule has 10 nitrogen and oxygen atoms in total. The van der Waals surface area contributed by atoms with Crippen LogP contribution >= 0.6 is 0 Å². The number of hydrogen-bond acceptors (Lipinski definition) is 6. The number of fused-ring (bicyclic) bond motifs is 1. The highest BCUT2D eigenvalue weighted by Crippen LogP contribution is 2.26. The number of carboxylic acid groups (broad SMARTS) is 2. The summed E-state index contributed by atoms with van der Waals surface area (Å²) in [5.74, 6) is 3.27. The molecule has 0 aliphatic carbocycles. The zero-order chi connectivity index (χ0) is 29.6. The number of nitriles is 1. The van der Waals surface area contributed by atoms with Crippen molar-refractivity contribution in [3.63, 3.8) is 0 Å². The van der Waals surface area contributed by atoms with Crippen LogP contribution in [0.2, 0.25) is 0 Å². The van der Waals surface area contributed by atoms with Gasteiger partial charge in [0.15, 0.2) is 0 Å². The van der Waals surface area contributed by atoms with E-state index in [1.807, 2.05) is 10.6 Å². The Morgan fingerprint density at radius 3 is 2.49 bits per heavy atom. The van der Waals surface area contributed by atoms with Crippen LogP contribution < -0.4 is 9.46 Å². The molecular weight excluding hydrogens is 546 g/mol. The number of ether oxygens (including phenoxy) is 1. The van der Waals surface area contributed by atoms with Gasteiger partial charge in [0.05, 0.1) is 22.1 Å².